The summed E-state index contributed by atoms with van der Waals surface area (Å²) in [5, 5.41) is 12.1. The van der Waals surface area contributed by atoms with E-state index in [4.69, 9.17) is 0 Å². The molecule has 2 rings (SSSR count). The van der Waals surface area contributed by atoms with E-state index in [0.717, 1.165) is 6.20 Å². The van der Waals surface area contributed by atoms with Crippen molar-refractivity contribution in [2.45, 2.75) is 13.0 Å². The second-order valence-corrected chi connectivity index (χ2v) is 4.12. The number of aliphatic hydroxyl groups is 1. The van der Waals surface area contributed by atoms with Crippen molar-refractivity contribution in [3.05, 3.63) is 59.7 Å². The minimum atomic E-state index is -0.610. The van der Waals surface area contributed by atoms with Crippen molar-refractivity contribution in [3.63, 3.8) is 0 Å². The number of anilines is 1. The number of benzene rings is 1. The summed E-state index contributed by atoms with van der Waals surface area (Å²) in [6, 6.07) is 9.35. The molecule has 2 N–H and O–H groups in total. The molecule has 19 heavy (non-hydrogen) atoms. The van der Waals surface area contributed by atoms with Crippen LogP contribution in [-0.2, 0) is 0 Å². The van der Waals surface area contributed by atoms with E-state index in [9.17, 15) is 14.3 Å². The highest BCUT2D eigenvalue weighted by atomic mass is 19.1. The monoisotopic (exact) mass is 260 g/mol. The average molecular weight is 260 g/mol. The largest absolute Gasteiger partial charge is 0.389 e. The second-order valence-electron chi connectivity index (χ2n) is 4.12. The van der Waals surface area contributed by atoms with Crippen molar-refractivity contribution in [1.29, 1.82) is 0 Å². The Morgan fingerprint density at radius 2 is 2.16 bits per heavy atom. The SMILES string of the molecule is CC(O)c1cccc(NC(=O)c2ccc(F)cn2)c1. The molecule has 1 amide bonds. The topological polar surface area (TPSA) is 62.2 Å². The van der Waals surface area contributed by atoms with Crippen molar-refractivity contribution in [2.75, 3.05) is 5.32 Å². The van der Waals surface area contributed by atoms with Crippen LogP contribution in [-0.4, -0.2) is 16.0 Å². The first kappa shape index (κ1) is 13.2. The zero-order chi connectivity index (χ0) is 13.8. The van der Waals surface area contributed by atoms with Crippen molar-refractivity contribution in [2.24, 2.45) is 0 Å². The number of rotatable bonds is 3. The predicted octanol–water partition coefficient (Wildman–Crippen LogP) is 2.53. The second kappa shape index (κ2) is 5.58. The zero-order valence-electron chi connectivity index (χ0n) is 10.3. The van der Waals surface area contributed by atoms with Gasteiger partial charge >= 0.3 is 0 Å². The van der Waals surface area contributed by atoms with E-state index in [-0.39, 0.29) is 5.69 Å². The number of hydrogen-bond acceptors (Lipinski definition) is 3. The summed E-state index contributed by atoms with van der Waals surface area (Å²) in [6.07, 6.45) is 0.377. The number of halogens is 1. The van der Waals surface area contributed by atoms with Crippen LogP contribution in [0.5, 0.6) is 0 Å². The molecule has 0 aliphatic carbocycles. The van der Waals surface area contributed by atoms with Gasteiger partial charge in [-0.1, -0.05) is 12.1 Å². The minimum absolute atomic E-state index is 0.129. The third kappa shape index (κ3) is 3.35. The summed E-state index contributed by atoms with van der Waals surface area (Å²) < 4.78 is 12.7. The Bertz CT molecular complexity index is 582. The standard InChI is InChI=1S/C14H13FN2O2/c1-9(18)10-3-2-4-12(7-10)17-14(19)13-6-5-11(15)8-16-13/h2-9,18H,1H3,(H,17,19). The van der Waals surface area contributed by atoms with Gasteiger partial charge in [-0.2, -0.15) is 0 Å². The highest BCUT2D eigenvalue weighted by Crippen LogP contribution is 2.17. The van der Waals surface area contributed by atoms with E-state index < -0.39 is 17.8 Å². The highest BCUT2D eigenvalue weighted by molar-refractivity contribution is 6.02. The van der Waals surface area contributed by atoms with Gasteiger partial charge in [-0.3, -0.25) is 4.79 Å². The lowest BCUT2D eigenvalue weighted by molar-refractivity contribution is 0.102. The number of carbonyl (C=O) groups excluding carboxylic acids is 1. The maximum absolute atomic E-state index is 12.7. The molecular formula is C14H13FN2O2. The van der Waals surface area contributed by atoms with E-state index in [2.05, 4.69) is 10.3 Å². The third-order valence-electron chi connectivity index (χ3n) is 2.59. The van der Waals surface area contributed by atoms with E-state index in [1.54, 1.807) is 31.2 Å². The van der Waals surface area contributed by atoms with Gasteiger partial charge in [0.25, 0.3) is 5.91 Å². The maximum Gasteiger partial charge on any atom is 0.274 e. The van der Waals surface area contributed by atoms with Crippen LogP contribution in [0.4, 0.5) is 10.1 Å². The van der Waals surface area contributed by atoms with Crippen LogP contribution in [0.2, 0.25) is 0 Å². The average Bonchev–Trinajstić information content (AvgIpc) is 2.39. The molecule has 0 radical (unpaired) electrons. The normalized spacial score (nSPS) is 11.9. The fourth-order valence-corrected chi connectivity index (χ4v) is 1.58. The van der Waals surface area contributed by atoms with Gasteiger partial charge < -0.3 is 10.4 Å². The van der Waals surface area contributed by atoms with Crippen molar-refractivity contribution in [1.82, 2.24) is 4.98 Å². The highest BCUT2D eigenvalue weighted by Gasteiger charge is 2.08. The van der Waals surface area contributed by atoms with Gasteiger partial charge in [0.1, 0.15) is 11.5 Å². The summed E-state index contributed by atoms with van der Waals surface area (Å²) in [5.74, 6) is -0.921. The van der Waals surface area contributed by atoms with Gasteiger partial charge in [0.05, 0.1) is 12.3 Å². The molecule has 1 atom stereocenters. The summed E-state index contributed by atoms with van der Waals surface area (Å²) in [4.78, 5) is 15.5. The van der Waals surface area contributed by atoms with Gasteiger partial charge in [-0.05, 0) is 36.8 Å². The molecule has 0 bridgehead atoms. The number of nitrogens with zero attached hydrogens (tertiary/aromatic N) is 1. The Kier molecular flexibility index (Phi) is 3.87. The Hall–Kier alpha value is -2.27. The molecule has 0 fully saturated rings. The van der Waals surface area contributed by atoms with E-state index in [1.807, 2.05) is 0 Å². The van der Waals surface area contributed by atoms with Gasteiger partial charge in [0.15, 0.2) is 0 Å². The number of amides is 1. The Balaban J connectivity index is 2.14. The van der Waals surface area contributed by atoms with Gasteiger partial charge in [-0.15, -0.1) is 0 Å². The fraction of sp³-hybridized carbons (Fsp3) is 0.143. The lowest BCUT2D eigenvalue weighted by Gasteiger charge is -2.08. The molecule has 1 unspecified atom stereocenters. The van der Waals surface area contributed by atoms with Crippen molar-refractivity contribution in [3.8, 4) is 0 Å². The molecule has 5 heteroatoms. The van der Waals surface area contributed by atoms with Crippen LogP contribution in [0.3, 0.4) is 0 Å². The van der Waals surface area contributed by atoms with E-state index in [1.165, 1.54) is 12.1 Å². The fourth-order valence-electron chi connectivity index (χ4n) is 1.58. The van der Waals surface area contributed by atoms with Crippen molar-refractivity contribution < 1.29 is 14.3 Å². The predicted molar refractivity (Wildman–Crippen MR) is 69.2 cm³/mol. The van der Waals surface area contributed by atoms with Crippen LogP contribution in [0.1, 0.15) is 29.1 Å². The lowest BCUT2D eigenvalue weighted by Crippen LogP contribution is -2.13. The molecule has 4 nitrogen and oxygen atoms in total. The summed E-state index contributed by atoms with van der Waals surface area (Å²) >= 11 is 0. The maximum atomic E-state index is 12.7. The molecular weight excluding hydrogens is 247 g/mol. The van der Waals surface area contributed by atoms with Gasteiger partial charge in [0, 0.05) is 5.69 Å². The molecule has 0 saturated heterocycles. The summed E-state index contributed by atoms with van der Waals surface area (Å²) in [6.45, 7) is 1.64. The Labute approximate surface area is 109 Å². The molecule has 1 heterocycles. The summed E-state index contributed by atoms with van der Waals surface area (Å²) in [5.41, 5.74) is 1.38. The summed E-state index contributed by atoms with van der Waals surface area (Å²) in [7, 11) is 0. The van der Waals surface area contributed by atoms with Gasteiger partial charge in [0.2, 0.25) is 0 Å². The van der Waals surface area contributed by atoms with Crippen LogP contribution in [0.15, 0.2) is 42.6 Å². The Morgan fingerprint density at radius 1 is 1.37 bits per heavy atom. The molecule has 98 valence electrons. The molecule has 0 aliphatic heterocycles. The van der Waals surface area contributed by atoms with E-state index in [0.29, 0.717) is 11.3 Å². The Morgan fingerprint density at radius 3 is 2.79 bits per heavy atom. The molecule has 1 aromatic heterocycles. The first-order valence-electron chi connectivity index (χ1n) is 5.77. The number of aromatic nitrogens is 1. The number of nitrogens with one attached hydrogen (secondary N) is 1. The van der Waals surface area contributed by atoms with Crippen molar-refractivity contribution >= 4 is 11.6 Å². The molecule has 1 aromatic carbocycles. The molecule has 0 saturated carbocycles. The zero-order valence-corrected chi connectivity index (χ0v) is 10.3. The molecule has 2 aromatic rings. The number of aliphatic hydroxyl groups excluding tert-OH is 1. The van der Waals surface area contributed by atoms with Crippen LogP contribution in [0.25, 0.3) is 0 Å². The minimum Gasteiger partial charge on any atom is -0.389 e. The smallest absolute Gasteiger partial charge is 0.274 e. The van der Waals surface area contributed by atoms with Crippen LogP contribution in [0, 0.1) is 5.82 Å². The van der Waals surface area contributed by atoms with Crippen LogP contribution >= 0.6 is 0 Å². The number of carbonyl (C=O) groups is 1. The molecule has 0 spiro atoms. The first-order chi connectivity index (χ1) is 9.06. The van der Waals surface area contributed by atoms with E-state index >= 15 is 0 Å². The van der Waals surface area contributed by atoms with Crippen LogP contribution < -0.4 is 5.32 Å². The number of hydrogen-bond donors (Lipinski definition) is 2. The third-order valence-corrected chi connectivity index (χ3v) is 2.59. The lowest BCUT2D eigenvalue weighted by atomic mass is 10.1. The first-order valence-corrected chi connectivity index (χ1v) is 5.77. The number of pyridine rings is 1. The van der Waals surface area contributed by atoms with Gasteiger partial charge in [-0.25, -0.2) is 9.37 Å². The quantitative estimate of drug-likeness (QED) is 0.891. The molecule has 0 aliphatic rings.